The number of carbonyl (C=O) groups is 3. The molecule has 0 aliphatic rings. The molecule has 90 valence electrons. The van der Waals surface area contributed by atoms with Crippen molar-refractivity contribution >= 4 is 17.7 Å². The van der Waals surface area contributed by atoms with Gasteiger partial charge in [-0.15, -0.1) is 0 Å². The van der Waals surface area contributed by atoms with Crippen molar-refractivity contribution < 1.29 is 19.1 Å². The van der Waals surface area contributed by atoms with E-state index in [1.54, 1.807) is 30.3 Å². The molecule has 0 unspecified atom stereocenters. The second-order valence-corrected chi connectivity index (χ2v) is 3.37. The lowest BCUT2D eigenvalue weighted by molar-refractivity contribution is -0.139. The van der Waals surface area contributed by atoms with Crippen LogP contribution < -0.4 is 5.73 Å². The van der Waals surface area contributed by atoms with Gasteiger partial charge < -0.3 is 10.5 Å². The summed E-state index contributed by atoms with van der Waals surface area (Å²) in [6.07, 6.45) is -0.133. The Labute approximate surface area is 98.6 Å². The summed E-state index contributed by atoms with van der Waals surface area (Å²) < 4.78 is 4.56. The highest BCUT2D eigenvalue weighted by atomic mass is 16.6. The number of hydrogen-bond acceptors (Lipinski definition) is 5. The molecule has 2 N–H and O–H groups in total. The quantitative estimate of drug-likeness (QED) is 0.599. The van der Waals surface area contributed by atoms with E-state index >= 15 is 0 Å². The van der Waals surface area contributed by atoms with Crippen LogP contribution >= 0.6 is 0 Å². The first-order valence-corrected chi connectivity index (χ1v) is 5.15. The Morgan fingerprint density at radius 3 is 2.29 bits per heavy atom. The first kappa shape index (κ1) is 13.1. The van der Waals surface area contributed by atoms with Gasteiger partial charge in [0.2, 0.25) is 0 Å². The van der Waals surface area contributed by atoms with Gasteiger partial charge in [0.15, 0.2) is 0 Å². The predicted octanol–water partition coefficient (Wildman–Crippen LogP) is 0.678. The topological polar surface area (TPSA) is 86.5 Å². The normalized spacial score (nSPS) is 9.71. The van der Waals surface area contributed by atoms with Crippen LogP contribution in [0, 0.1) is 0 Å². The zero-order valence-corrected chi connectivity index (χ0v) is 9.22. The minimum atomic E-state index is -0.722. The van der Waals surface area contributed by atoms with Gasteiger partial charge in [-0.1, -0.05) is 18.2 Å². The monoisotopic (exact) mass is 235 g/mol. The summed E-state index contributed by atoms with van der Waals surface area (Å²) in [5, 5.41) is 0. The summed E-state index contributed by atoms with van der Waals surface area (Å²) in [4.78, 5) is 33.5. The fraction of sp³-hybridized carbons (Fsp3) is 0.250. The molecule has 1 aromatic rings. The van der Waals surface area contributed by atoms with E-state index in [1.165, 1.54) is 0 Å². The molecule has 0 aliphatic heterocycles. The Hall–Kier alpha value is -2.01. The number of ketones is 1. The van der Waals surface area contributed by atoms with Crippen molar-refractivity contribution in [3.05, 3.63) is 35.9 Å². The van der Waals surface area contributed by atoms with Crippen molar-refractivity contribution in [2.45, 2.75) is 12.8 Å². The van der Waals surface area contributed by atoms with E-state index in [9.17, 15) is 14.4 Å². The van der Waals surface area contributed by atoms with Gasteiger partial charge in [-0.3, -0.25) is 9.59 Å². The highest BCUT2D eigenvalue weighted by molar-refractivity contribution is 5.97. The summed E-state index contributed by atoms with van der Waals surface area (Å²) in [6.45, 7) is -0.111. The van der Waals surface area contributed by atoms with Gasteiger partial charge in [-0.25, -0.2) is 4.79 Å². The highest BCUT2D eigenvalue weighted by Gasteiger charge is 2.13. The van der Waals surface area contributed by atoms with Gasteiger partial charge in [0.05, 0.1) is 18.5 Å². The molecule has 1 rings (SSSR count). The average molecular weight is 235 g/mol. The fourth-order valence-electron chi connectivity index (χ4n) is 1.13. The lowest BCUT2D eigenvalue weighted by Crippen LogP contribution is -2.17. The van der Waals surface area contributed by atoms with Crippen LogP contribution in [0.25, 0.3) is 0 Å². The van der Waals surface area contributed by atoms with Crippen LogP contribution in [0.5, 0.6) is 0 Å². The van der Waals surface area contributed by atoms with Crippen LogP contribution in [0.4, 0.5) is 0 Å². The molecule has 0 aliphatic carbocycles. The van der Waals surface area contributed by atoms with Crippen molar-refractivity contribution in [3.63, 3.8) is 0 Å². The van der Waals surface area contributed by atoms with Crippen LogP contribution in [0.3, 0.4) is 0 Å². The van der Waals surface area contributed by atoms with Crippen molar-refractivity contribution in [3.8, 4) is 0 Å². The summed E-state index contributed by atoms with van der Waals surface area (Å²) >= 11 is 0. The summed E-state index contributed by atoms with van der Waals surface area (Å²) in [7, 11) is 0. The molecule has 0 fully saturated rings. The van der Waals surface area contributed by atoms with Crippen molar-refractivity contribution in [1.29, 1.82) is 0 Å². The Bertz CT molecular complexity index is 414. The molecule has 0 bridgehead atoms. The molecule has 0 amide bonds. The lowest BCUT2D eigenvalue weighted by atomic mass is 10.2. The number of ether oxygens (including phenoxy) is 1. The molecule has 0 radical (unpaired) electrons. The molecule has 0 atom stereocenters. The molecule has 0 spiro atoms. The minimum absolute atomic E-state index is 0.00258. The van der Waals surface area contributed by atoms with Gasteiger partial charge in [-0.05, 0) is 12.1 Å². The Balaban J connectivity index is 2.42. The van der Waals surface area contributed by atoms with Crippen molar-refractivity contribution in [2.24, 2.45) is 5.73 Å². The Kier molecular flexibility index (Phi) is 5.03. The minimum Gasteiger partial charge on any atom is -0.389 e. The standard InChI is InChI=1S/C12H13NO4/c13-8-10(14)6-7-11(15)17-12(16)9-4-2-1-3-5-9/h1-5H,6-8,13H2. The Morgan fingerprint density at radius 1 is 1.06 bits per heavy atom. The number of hydrogen-bond donors (Lipinski definition) is 1. The highest BCUT2D eigenvalue weighted by Crippen LogP contribution is 2.03. The SMILES string of the molecule is NCC(=O)CCC(=O)OC(=O)c1ccccc1. The first-order chi connectivity index (χ1) is 8.13. The van der Waals surface area contributed by atoms with E-state index in [4.69, 9.17) is 5.73 Å². The predicted molar refractivity (Wildman–Crippen MR) is 60.2 cm³/mol. The number of Topliss-reactive ketones (excluding diaryl/α,β-unsaturated/α-hetero) is 1. The van der Waals surface area contributed by atoms with Gasteiger partial charge in [-0.2, -0.15) is 0 Å². The van der Waals surface area contributed by atoms with Gasteiger partial charge in [0.1, 0.15) is 5.78 Å². The van der Waals surface area contributed by atoms with Gasteiger partial charge >= 0.3 is 11.9 Å². The number of esters is 2. The van der Waals surface area contributed by atoms with Crippen LogP contribution in [0.15, 0.2) is 30.3 Å². The maximum Gasteiger partial charge on any atom is 0.345 e. The molecular weight excluding hydrogens is 222 g/mol. The van der Waals surface area contributed by atoms with Crippen LogP contribution in [0.1, 0.15) is 23.2 Å². The third kappa shape index (κ3) is 4.56. The van der Waals surface area contributed by atoms with Gasteiger partial charge in [0, 0.05) is 6.42 Å². The zero-order chi connectivity index (χ0) is 12.7. The van der Waals surface area contributed by atoms with Crippen LogP contribution in [-0.2, 0) is 14.3 Å². The molecule has 0 saturated carbocycles. The van der Waals surface area contributed by atoms with E-state index in [0.717, 1.165) is 0 Å². The molecule has 0 heterocycles. The van der Waals surface area contributed by atoms with Crippen LogP contribution in [0.2, 0.25) is 0 Å². The van der Waals surface area contributed by atoms with Gasteiger partial charge in [0.25, 0.3) is 0 Å². The Morgan fingerprint density at radius 2 is 1.71 bits per heavy atom. The summed E-state index contributed by atoms with van der Waals surface area (Å²) in [5.74, 6) is -1.68. The zero-order valence-electron chi connectivity index (χ0n) is 9.22. The average Bonchev–Trinajstić information content (AvgIpc) is 2.36. The number of nitrogens with two attached hydrogens (primary N) is 1. The lowest BCUT2D eigenvalue weighted by Gasteiger charge is -2.02. The largest absolute Gasteiger partial charge is 0.389 e. The molecule has 0 saturated heterocycles. The van der Waals surface area contributed by atoms with E-state index < -0.39 is 11.9 Å². The molecule has 5 heteroatoms. The third-order valence-corrected chi connectivity index (χ3v) is 2.05. The molecule has 0 aromatic heterocycles. The molecule has 17 heavy (non-hydrogen) atoms. The fourth-order valence-corrected chi connectivity index (χ4v) is 1.13. The van der Waals surface area contributed by atoms with E-state index in [0.29, 0.717) is 5.56 Å². The number of carbonyl (C=O) groups excluding carboxylic acids is 3. The van der Waals surface area contributed by atoms with Crippen molar-refractivity contribution in [2.75, 3.05) is 6.54 Å². The molecule has 1 aromatic carbocycles. The smallest absolute Gasteiger partial charge is 0.345 e. The second-order valence-electron chi connectivity index (χ2n) is 3.37. The summed E-state index contributed by atoms with van der Waals surface area (Å²) in [6, 6.07) is 8.16. The maximum atomic E-state index is 11.4. The number of benzene rings is 1. The third-order valence-electron chi connectivity index (χ3n) is 2.05. The summed E-state index contributed by atoms with van der Waals surface area (Å²) in [5.41, 5.74) is 5.38. The second kappa shape index (κ2) is 6.55. The van der Waals surface area contributed by atoms with E-state index in [-0.39, 0.29) is 25.2 Å². The molecule has 5 nitrogen and oxygen atoms in total. The molecular formula is C12H13NO4. The van der Waals surface area contributed by atoms with E-state index in [1.807, 2.05) is 0 Å². The first-order valence-electron chi connectivity index (χ1n) is 5.15. The number of rotatable bonds is 5. The van der Waals surface area contributed by atoms with Crippen LogP contribution in [-0.4, -0.2) is 24.3 Å². The van der Waals surface area contributed by atoms with E-state index in [2.05, 4.69) is 4.74 Å². The maximum absolute atomic E-state index is 11.4. The van der Waals surface area contributed by atoms with Crippen molar-refractivity contribution in [1.82, 2.24) is 0 Å².